The normalized spacial score (nSPS) is 14.2. The third-order valence-corrected chi connectivity index (χ3v) is 1.48. The molecule has 5 heteroatoms. The van der Waals surface area contributed by atoms with Crippen LogP contribution >= 0.6 is 0 Å². The molecule has 1 atom stereocenters. The van der Waals surface area contributed by atoms with Gasteiger partial charge in [0.15, 0.2) is 0 Å². The second-order valence-electron chi connectivity index (χ2n) is 2.66. The van der Waals surface area contributed by atoms with Crippen LogP contribution in [0.25, 0.3) is 0 Å². The Bertz CT molecular complexity index is 294. The van der Waals surface area contributed by atoms with Crippen molar-refractivity contribution in [3.05, 3.63) is 29.6 Å². The van der Waals surface area contributed by atoms with Gasteiger partial charge in [-0.25, -0.2) is 4.39 Å². The summed E-state index contributed by atoms with van der Waals surface area (Å²) >= 11 is 0. The monoisotopic (exact) mass is 193 g/mol. The molecule has 1 unspecified atom stereocenters. The smallest absolute Gasteiger partial charge is 0.258 e. The van der Waals surface area contributed by atoms with Crippen LogP contribution in [0.2, 0.25) is 0 Å². The van der Waals surface area contributed by atoms with Crippen LogP contribution in [-0.2, 0) is 0 Å². The third kappa shape index (κ3) is 2.40. The van der Waals surface area contributed by atoms with E-state index < -0.39 is 18.0 Å². The Kier molecular flexibility index (Phi) is 2.54. The SMILES string of the molecule is Cc1ccnc(C(F)C(F)(F)F)c1. The zero-order valence-electron chi connectivity index (χ0n) is 6.77. The average Bonchev–Trinajstić information content (AvgIpc) is 2.01. The molecule has 72 valence electrons. The summed E-state index contributed by atoms with van der Waals surface area (Å²) in [6.45, 7) is 1.58. The van der Waals surface area contributed by atoms with Crippen molar-refractivity contribution in [2.75, 3.05) is 0 Å². The largest absolute Gasteiger partial charge is 0.425 e. The highest BCUT2D eigenvalue weighted by Crippen LogP contribution is 2.34. The Labute approximate surface area is 72.4 Å². The molecule has 0 N–H and O–H groups in total. The molecule has 0 radical (unpaired) electrons. The van der Waals surface area contributed by atoms with E-state index in [1.54, 1.807) is 6.92 Å². The first-order chi connectivity index (χ1) is 5.91. The molecule has 0 fully saturated rings. The number of rotatable bonds is 1. The van der Waals surface area contributed by atoms with Crippen LogP contribution in [0.15, 0.2) is 18.3 Å². The Morgan fingerprint density at radius 3 is 2.46 bits per heavy atom. The number of hydrogen-bond acceptors (Lipinski definition) is 1. The number of halogens is 4. The van der Waals surface area contributed by atoms with Crippen molar-refractivity contribution in [3.63, 3.8) is 0 Å². The maximum atomic E-state index is 12.6. The van der Waals surface area contributed by atoms with Crippen LogP contribution in [0.3, 0.4) is 0 Å². The van der Waals surface area contributed by atoms with Crippen molar-refractivity contribution in [3.8, 4) is 0 Å². The lowest BCUT2D eigenvalue weighted by atomic mass is 10.2. The van der Waals surface area contributed by atoms with E-state index in [1.165, 1.54) is 6.07 Å². The molecule has 0 spiro atoms. The molecule has 0 aromatic carbocycles. The zero-order valence-corrected chi connectivity index (χ0v) is 6.77. The van der Waals surface area contributed by atoms with E-state index in [0.717, 1.165) is 12.3 Å². The molecule has 0 aliphatic heterocycles. The second kappa shape index (κ2) is 3.32. The van der Waals surface area contributed by atoms with Crippen molar-refractivity contribution >= 4 is 0 Å². The predicted octanol–water partition coefficient (Wildman–Crippen LogP) is 2.96. The van der Waals surface area contributed by atoms with Gasteiger partial charge in [0, 0.05) is 6.20 Å². The van der Waals surface area contributed by atoms with E-state index in [2.05, 4.69) is 4.98 Å². The number of aryl methyl sites for hydroxylation is 1. The van der Waals surface area contributed by atoms with Crippen LogP contribution < -0.4 is 0 Å². The van der Waals surface area contributed by atoms with Gasteiger partial charge in [-0.1, -0.05) is 0 Å². The minimum atomic E-state index is -4.87. The van der Waals surface area contributed by atoms with E-state index in [-0.39, 0.29) is 0 Å². The quantitative estimate of drug-likeness (QED) is 0.625. The molecular weight excluding hydrogens is 186 g/mol. The fourth-order valence-electron chi connectivity index (χ4n) is 0.866. The number of aromatic nitrogens is 1. The van der Waals surface area contributed by atoms with Crippen molar-refractivity contribution in [1.29, 1.82) is 0 Å². The molecular formula is C8H7F4N. The summed E-state index contributed by atoms with van der Waals surface area (Å²) in [4.78, 5) is 3.31. The van der Waals surface area contributed by atoms with Gasteiger partial charge in [0.25, 0.3) is 0 Å². The van der Waals surface area contributed by atoms with Gasteiger partial charge in [0.1, 0.15) is 0 Å². The number of alkyl halides is 4. The van der Waals surface area contributed by atoms with Crippen molar-refractivity contribution in [2.45, 2.75) is 19.3 Å². The molecule has 0 aliphatic carbocycles. The van der Waals surface area contributed by atoms with Crippen LogP contribution in [0.4, 0.5) is 17.6 Å². The first-order valence-corrected chi connectivity index (χ1v) is 3.54. The van der Waals surface area contributed by atoms with Crippen LogP contribution in [0.1, 0.15) is 17.4 Å². The first-order valence-electron chi connectivity index (χ1n) is 3.54. The van der Waals surface area contributed by atoms with E-state index in [0.29, 0.717) is 5.56 Å². The van der Waals surface area contributed by atoms with Crippen molar-refractivity contribution < 1.29 is 17.6 Å². The van der Waals surface area contributed by atoms with Crippen molar-refractivity contribution in [2.24, 2.45) is 0 Å². The van der Waals surface area contributed by atoms with Gasteiger partial charge in [-0.15, -0.1) is 0 Å². The maximum absolute atomic E-state index is 12.6. The van der Waals surface area contributed by atoms with E-state index in [9.17, 15) is 17.6 Å². The van der Waals surface area contributed by atoms with Crippen LogP contribution in [0.5, 0.6) is 0 Å². The lowest BCUT2D eigenvalue weighted by molar-refractivity contribution is -0.183. The summed E-state index contributed by atoms with van der Waals surface area (Å²) in [5.74, 6) is 0. The summed E-state index contributed by atoms with van der Waals surface area (Å²) in [7, 11) is 0. The van der Waals surface area contributed by atoms with Crippen LogP contribution in [0, 0.1) is 6.92 Å². The van der Waals surface area contributed by atoms with Gasteiger partial charge in [-0.2, -0.15) is 13.2 Å². The highest BCUT2D eigenvalue weighted by atomic mass is 19.4. The van der Waals surface area contributed by atoms with Gasteiger partial charge in [0.2, 0.25) is 6.17 Å². The van der Waals surface area contributed by atoms with Gasteiger partial charge in [-0.05, 0) is 24.6 Å². The summed E-state index contributed by atoms with van der Waals surface area (Å²) in [6.07, 6.45) is -6.71. The fourth-order valence-corrected chi connectivity index (χ4v) is 0.866. The van der Waals surface area contributed by atoms with Gasteiger partial charge in [0.05, 0.1) is 5.69 Å². The Morgan fingerprint density at radius 2 is 2.00 bits per heavy atom. The lowest BCUT2D eigenvalue weighted by Crippen LogP contribution is -2.17. The molecule has 1 aromatic heterocycles. The summed E-state index contributed by atoms with van der Waals surface area (Å²) in [6, 6.07) is 2.59. The standard InChI is InChI=1S/C8H7F4N/c1-5-2-3-13-6(4-5)7(9)8(10,11)12/h2-4,7H,1H3. The minimum Gasteiger partial charge on any atom is -0.258 e. The van der Waals surface area contributed by atoms with E-state index in [1.807, 2.05) is 0 Å². The van der Waals surface area contributed by atoms with E-state index in [4.69, 9.17) is 0 Å². The fraction of sp³-hybridized carbons (Fsp3) is 0.375. The second-order valence-corrected chi connectivity index (χ2v) is 2.66. The summed E-state index contributed by atoms with van der Waals surface area (Å²) in [5.41, 5.74) is -0.0376. The molecule has 13 heavy (non-hydrogen) atoms. The van der Waals surface area contributed by atoms with Crippen molar-refractivity contribution in [1.82, 2.24) is 4.98 Å². The Balaban J connectivity index is 2.96. The molecule has 0 bridgehead atoms. The predicted molar refractivity (Wildman–Crippen MR) is 38.9 cm³/mol. The molecule has 0 saturated carbocycles. The number of hydrogen-bond donors (Lipinski definition) is 0. The van der Waals surface area contributed by atoms with Gasteiger partial charge >= 0.3 is 6.18 Å². The Morgan fingerprint density at radius 1 is 1.38 bits per heavy atom. The molecule has 0 amide bonds. The highest BCUT2D eigenvalue weighted by Gasteiger charge is 2.42. The maximum Gasteiger partial charge on any atom is 0.425 e. The topological polar surface area (TPSA) is 12.9 Å². The van der Waals surface area contributed by atoms with Gasteiger partial charge in [-0.3, -0.25) is 4.98 Å². The molecule has 1 nitrogen and oxygen atoms in total. The number of pyridine rings is 1. The summed E-state index contributed by atoms with van der Waals surface area (Å²) in [5, 5.41) is 0. The Hall–Kier alpha value is -1.13. The third-order valence-electron chi connectivity index (χ3n) is 1.48. The average molecular weight is 193 g/mol. The molecule has 0 saturated heterocycles. The molecule has 0 aliphatic rings. The zero-order chi connectivity index (χ0) is 10.1. The highest BCUT2D eigenvalue weighted by molar-refractivity contribution is 5.17. The summed E-state index contributed by atoms with van der Waals surface area (Å²) < 4.78 is 48.2. The minimum absolute atomic E-state index is 0.553. The first kappa shape index (κ1) is 9.95. The van der Waals surface area contributed by atoms with Gasteiger partial charge < -0.3 is 0 Å². The van der Waals surface area contributed by atoms with Crippen LogP contribution in [-0.4, -0.2) is 11.2 Å². The lowest BCUT2D eigenvalue weighted by Gasteiger charge is -2.11. The molecule has 1 aromatic rings. The molecule has 1 rings (SSSR count). The number of nitrogens with zero attached hydrogens (tertiary/aromatic N) is 1. The van der Waals surface area contributed by atoms with E-state index >= 15 is 0 Å². The molecule has 1 heterocycles.